The first-order chi connectivity index (χ1) is 3.41. The maximum atomic E-state index is 4.72. The lowest BCUT2D eigenvalue weighted by Crippen LogP contribution is -1.79. The Morgan fingerprint density at radius 3 is 2.71 bits per heavy atom. The van der Waals surface area contributed by atoms with E-state index in [4.69, 9.17) is 4.74 Å². The molecule has 0 aromatic heterocycles. The van der Waals surface area contributed by atoms with Gasteiger partial charge in [-0.05, 0) is 0 Å². The molecule has 0 rings (SSSR count). The van der Waals surface area contributed by atoms with E-state index in [9.17, 15) is 0 Å². The van der Waals surface area contributed by atoms with Crippen molar-refractivity contribution in [1.82, 2.24) is 0 Å². The molecule has 2 heteroatoms. The van der Waals surface area contributed by atoms with Gasteiger partial charge in [0.2, 0.25) is 0 Å². The normalized spacial score (nSPS) is 10.6. The highest BCUT2D eigenvalue weighted by Gasteiger charge is 1.66. The van der Waals surface area contributed by atoms with Gasteiger partial charge in [-0.25, -0.2) is 0 Å². The van der Waals surface area contributed by atoms with Crippen molar-refractivity contribution in [3.63, 3.8) is 0 Å². The monoisotopic (exact) mass is 118 g/mol. The van der Waals surface area contributed by atoms with Crippen LogP contribution in [0.2, 0.25) is 0 Å². The summed E-state index contributed by atoms with van der Waals surface area (Å²) in [6.07, 6.45) is 3.89. The molecule has 0 aromatic carbocycles. The average molecular weight is 118 g/mol. The van der Waals surface area contributed by atoms with Crippen LogP contribution in [0, 0.1) is 0 Å². The topological polar surface area (TPSA) is 9.23 Å². The Morgan fingerprint density at radius 2 is 2.29 bits per heavy atom. The molecular formula is C5H10OS. The second-order valence-electron chi connectivity index (χ2n) is 1.11. The second-order valence-corrected chi connectivity index (χ2v) is 1.47. The first-order valence-corrected chi connectivity index (χ1v) is 2.80. The number of methoxy groups -OCH3 is 1. The first-order valence-electron chi connectivity index (χ1n) is 2.16. The fraction of sp³-hybridized carbons (Fsp3) is 0.600. The maximum Gasteiger partial charge on any atom is 0.0643 e. The highest BCUT2D eigenvalue weighted by Crippen LogP contribution is 1.76. The Balaban J connectivity index is 2.78. The summed E-state index contributed by atoms with van der Waals surface area (Å²) in [7, 11) is 1.67. The van der Waals surface area contributed by atoms with Gasteiger partial charge in [-0.3, -0.25) is 0 Å². The van der Waals surface area contributed by atoms with Gasteiger partial charge < -0.3 is 4.74 Å². The van der Waals surface area contributed by atoms with Crippen LogP contribution in [0.4, 0.5) is 0 Å². The van der Waals surface area contributed by atoms with Crippen LogP contribution in [-0.2, 0) is 4.74 Å². The number of rotatable bonds is 3. The van der Waals surface area contributed by atoms with Crippen LogP contribution in [0.5, 0.6) is 0 Å². The number of hydrogen-bond donors (Lipinski definition) is 1. The molecule has 0 bridgehead atoms. The van der Waals surface area contributed by atoms with E-state index < -0.39 is 0 Å². The molecule has 0 radical (unpaired) electrons. The molecule has 0 atom stereocenters. The van der Waals surface area contributed by atoms with Crippen LogP contribution >= 0.6 is 12.6 Å². The molecule has 0 spiro atoms. The number of hydrogen-bond acceptors (Lipinski definition) is 2. The summed E-state index contributed by atoms with van der Waals surface area (Å²) < 4.78 is 4.72. The van der Waals surface area contributed by atoms with E-state index in [0.29, 0.717) is 6.61 Å². The predicted molar refractivity (Wildman–Crippen MR) is 34.9 cm³/mol. The van der Waals surface area contributed by atoms with Crippen LogP contribution in [-0.4, -0.2) is 19.5 Å². The highest BCUT2D eigenvalue weighted by molar-refractivity contribution is 7.80. The smallest absolute Gasteiger partial charge is 0.0643 e. The molecular weight excluding hydrogens is 108 g/mol. The zero-order valence-electron chi connectivity index (χ0n) is 4.42. The van der Waals surface area contributed by atoms with Crippen LogP contribution in [0.3, 0.4) is 0 Å². The molecule has 7 heavy (non-hydrogen) atoms. The van der Waals surface area contributed by atoms with Gasteiger partial charge in [0.1, 0.15) is 0 Å². The van der Waals surface area contributed by atoms with Crippen molar-refractivity contribution < 1.29 is 4.74 Å². The molecule has 0 amide bonds. The lowest BCUT2D eigenvalue weighted by atomic mass is 10.6. The Kier molecular flexibility index (Phi) is 6.09. The predicted octanol–water partition coefficient (Wildman–Crippen LogP) is 1.12. The molecule has 0 aliphatic rings. The third-order valence-electron chi connectivity index (χ3n) is 0.535. The van der Waals surface area contributed by atoms with Crippen molar-refractivity contribution in [2.45, 2.75) is 0 Å². The van der Waals surface area contributed by atoms with Crippen LogP contribution < -0.4 is 0 Å². The van der Waals surface area contributed by atoms with Gasteiger partial charge in [-0.15, -0.1) is 0 Å². The molecule has 42 valence electrons. The Bertz CT molecular complexity index is 52.0. The Labute approximate surface area is 49.8 Å². The van der Waals surface area contributed by atoms with Crippen LogP contribution in [0.1, 0.15) is 0 Å². The minimum atomic E-state index is 0.695. The van der Waals surface area contributed by atoms with Crippen molar-refractivity contribution in [1.29, 1.82) is 0 Å². The van der Waals surface area contributed by atoms with Gasteiger partial charge in [0.15, 0.2) is 0 Å². The summed E-state index contributed by atoms with van der Waals surface area (Å²) in [5, 5.41) is 0. The lowest BCUT2D eigenvalue weighted by Gasteiger charge is -1.83. The summed E-state index contributed by atoms with van der Waals surface area (Å²) >= 11 is 3.95. The van der Waals surface area contributed by atoms with Crippen molar-refractivity contribution in [2.75, 3.05) is 19.5 Å². The van der Waals surface area contributed by atoms with Crippen molar-refractivity contribution in [3.05, 3.63) is 12.2 Å². The third-order valence-corrected chi connectivity index (χ3v) is 0.746. The highest BCUT2D eigenvalue weighted by atomic mass is 32.1. The molecule has 0 aromatic rings. The average Bonchev–Trinajstić information content (AvgIpc) is 1.69. The summed E-state index contributed by atoms with van der Waals surface area (Å²) in [5.41, 5.74) is 0. The minimum Gasteiger partial charge on any atom is -0.381 e. The Morgan fingerprint density at radius 1 is 1.57 bits per heavy atom. The quantitative estimate of drug-likeness (QED) is 0.431. The van der Waals surface area contributed by atoms with Gasteiger partial charge in [0.25, 0.3) is 0 Å². The molecule has 0 N–H and O–H groups in total. The summed E-state index contributed by atoms with van der Waals surface area (Å²) in [6, 6.07) is 0. The maximum absolute atomic E-state index is 4.72. The van der Waals surface area contributed by atoms with E-state index in [1.54, 1.807) is 7.11 Å². The fourth-order valence-electron chi connectivity index (χ4n) is 0.239. The van der Waals surface area contributed by atoms with Gasteiger partial charge >= 0.3 is 0 Å². The number of ether oxygens (including phenoxy) is 1. The molecule has 1 nitrogen and oxygen atoms in total. The van der Waals surface area contributed by atoms with Crippen molar-refractivity contribution in [2.24, 2.45) is 0 Å². The molecule has 0 unspecified atom stereocenters. The fourth-order valence-corrected chi connectivity index (χ4v) is 0.388. The van der Waals surface area contributed by atoms with E-state index in [2.05, 4.69) is 12.6 Å². The Hall–Kier alpha value is 0.0500. The summed E-state index contributed by atoms with van der Waals surface area (Å²) in [4.78, 5) is 0. The molecule has 0 heterocycles. The SMILES string of the molecule is COCC=CCS. The summed E-state index contributed by atoms with van der Waals surface area (Å²) in [6.45, 7) is 0.695. The first kappa shape index (κ1) is 7.05. The standard InChI is InChI=1S/C5H10OS/c1-6-4-2-3-5-7/h2-3,7H,4-5H2,1H3. The van der Waals surface area contributed by atoms with Crippen molar-refractivity contribution in [3.8, 4) is 0 Å². The van der Waals surface area contributed by atoms with E-state index in [0.717, 1.165) is 5.75 Å². The van der Waals surface area contributed by atoms with E-state index >= 15 is 0 Å². The van der Waals surface area contributed by atoms with Gasteiger partial charge in [-0.1, -0.05) is 12.2 Å². The second kappa shape index (κ2) is 6.05. The van der Waals surface area contributed by atoms with Crippen LogP contribution in [0.25, 0.3) is 0 Å². The number of thiol groups is 1. The molecule has 0 aliphatic carbocycles. The van der Waals surface area contributed by atoms with Gasteiger partial charge in [0, 0.05) is 12.9 Å². The minimum absolute atomic E-state index is 0.695. The van der Waals surface area contributed by atoms with E-state index in [-0.39, 0.29) is 0 Å². The largest absolute Gasteiger partial charge is 0.381 e. The van der Waals surface area contributed by atoms with E-state index in [1.807, 2.05) is 12.2 Å². The molecule has 0 fully saturated rings. The molecule has 0 aliphatic heterocycles. The van der Waals surface area contributed by atoms with Crippen LogP contribution in [0.15, 0.2) is 12.2 Å². The zero-order chi connectivity index (χ0) is 5.54. The van der Waals surface area contributed by atoms with Gasteiger partial charge in [0.05, 0.1) is 6.61 Å². The lowest BCUT2D eigenvalue weighted by molar-refractivity contribution is 0.234. The van der Waals surface area contributed by atoms with Crippen molar-refractivity contribution >= 4 is 12.6 Å². The third kappa shape index (κ3) is 6.05. The van der Waals surface area contributed by atoms with E-state index in [1.165, 1.54) is 0 Å². The zero-order valence-corrected chi connectivity index (χ0v) is 5.32. The molecule has 0 saturated carbocycles. The molecule has 0 saturated heterocycles. The van der Waals surface area contributed by atoms with Gasteiger partial charge in [-0.2, -0.15) is 12.6 Å². The summed E-state index contributed by atoms with van der Waals surface area (Å²) in [5.74, 6) is 0.795.